The number of rotatable bonds is 9. The Kier molecular flexibility index (Phi) is 7.91. The number of carbonyl (C=O) groups is 1. The molecule has 1 heterocycles. The molecule has 0 fully saturated rings. The quantitative estimate of drug-likeness (QED) is 0.506. The molecule has 1 amide bonds. The fraction of sp³-hybridized carbons (Fsp3) is 0.269. The largest absolute Gasteiger partial charge is 0.356 e. The maximum Gasteiger partial charge on any atom is 0.250 e. The van der Waals surface area contributed by atoms with E-state index in [-0.39, 0.29) is 18.4 Å². The minimum atomic E-state index is -0.654. The second-order valence-electron chi connectivity index (χ2n) is 7.78. The summed E-state index contributed by atoms with van der Waals surface area (Å²) in [6, 6.07) is 24.0. The minimum Gasteiger partial charge on any atom is -0.356 e. The van der Waals surface area contributed by atoms with E-state index in [0.717, 1.165) is 22.3 Å². The molecule has 1 N–H and O–H groups in total. The van der Waals surface area contributed by atoms with Crippen LogP contribution in [-0.4, -0.2) is 23.5 Å². The van der Waals surface area contributed by atoms with Crippen molar-refractivity contribution in [3.63, 3.8) is 0 Å². The zero-order chi connectivity index (χ0) is 22.1. The number of ether oxygens (including phenoxy) is 1. The Labute approximate surface area is 183 Å². The van der Waals surface area contributed by atoms with E-state index in [0.29, 0.717) is 6.42 Å². The van der Waals surface area contributed by atoms with Gasteiger partial charge in [0.25, 0.3) is 0 Å². The van der Waals surface area contributed by atoms with E-state index in [1.54, 1.807) is 12.4 Å². The highest BCUT2D eigenvalue weighted by atomic mass is 16.5. The third-order valence-corrected chi connectivity index (χ3v) is 4.95. The summed E-state index contributed by atoms with van der Waals surface area (Å²) < 4.78 is 6.41. The molecule has 2 aromatic carbocycles. The van der Waals surface area contributed by atoms with Crippen LogP contribution in [0.15, 0.2) is 79.1 Å². The second-order valence-corrected chi connectivity index (χ2v) is 7.78. The molecule has 3 rings (SSSR count). The zero-order valence-electron chi connectivity index (χ0n) is 17.9. The molecule has 5 heteroatoms. The van der Waals surface area contributed by atoms with E-state index >= 15 is 0 Å². The molecule has 0 spiro atoms. The van der Waals surface area contributed by atoms with Crippen molar-refractivity contribution in [2.75, 3.05) is 6.54 Å². The van der Waals surface area contributed by atoms with Gasteiger partial charge in [-0.2, -0.15) is 5.26 Å². The summed E-state index contributed by atoms with van der Waals surface area (Å²) in [6.07, 6.45) is 3.06. The van der Waals surface area contributed by atoms with Crippen molar-refractivity contribution in [2.45, 2.75) is 32.5 Å². The number of aromatic nitrogens is 1. The average molecular weight is 414 g/mol. The van der Waals surface area contributed by atoms with Gasteiger partial charge in [-0.05, 0) is 46.7 Å². The summed E-state index contributed by atoms with van der Waals surface area (Å²) in [4.78, 5) is 16.8. The Morgan fingerprint density at radius 2 is 1.58 bits per heavy atom. The molecule has 2 atom stereocenters. The van der Waals surface area contributed by atoms with Crippen molar-refractivity contribution in [1.29, 1.82) is 5.26 Å². The standard InChI is InChI=1S/C26H27N3O2/c1-19(2)18-24(26(30)29-17-14-27)31-25(22-6-4-3-5-7-22)23-10-8-20(9-11-23)21-12-15-28-16-13-21/h3-13,15-16,19,24-25H,17-18H2,1-2H3,(H,29,30). The predicted octanol–water partition coefficient (Wildman–Crippen LogP) is 4.91. The van der Waals surface area contributed by atoms with Gasteiger partial charge in [-0.25, -0.2) is 0 Å². The summed E-state index contributed by atoms with van der Waals surface area (Å²) in [6.45, 7) is 4.07. The number of benzene rings is 2. The van der Waals surface area contributed by atoms with E-state index in [2.05, 4.69) is 36.3 Å². The van der Waals surface area contributed by atoms with E-state index in [4.69, 9.17) is 10.00 Å². The Morgan fingerprint density at radius 1 is 0.968 bits per heavy atom. The molecule has 31 heavy (non-hydrogen) atoms. The fourth-order valence-corrected chi connectivity index (χ4v) is 3.43. The number of pyridine rings is 1. The first kappa shape index (κ1) is 22.2. The third-order valence-electron chi connectivity index (χ3n) is 4.95. The Hall–Kier alpha value is -3.49. The number of amides is 1. The molecule has 0 aliphatic rings. The van der Waals surface area contributed by atoms with Crippen LogP contribution in [0.1, 0.15) is 37.5 Å². The monoisotopic (exact) mass is 413 g/mol. The summed E-state index contributed by atoms with van der Waals surface area (Å²) in [5.74, 6) is 0.00733. The maximum absolute atomic E-state index is 12.7. The lowest BCUT2D eigenvalue weighted by atomic mass is 9.97. The summed E-state index contributed by atoms with van der Waals surface area (Å²) in [5, 5.41) is 11.5. The molecule has 0 bridgehead atoms. The average Bonchev–Trinajstić information content (AvgIpc) is 2.81. The molecule has 0 aliphatic carbocycles. The first-order valence-corrected chi connectivity index (χ1v) is 10.4. The third kappa shape index (κ3) is 6.24. The molecule has 2 unspecified atom stereocenters. The number of carbonyl (C=O) groups excluding carboxylic acids is 1. The Balaban J connectivity index is 1.91. The van der Waals surface area contributed by atoms with Gasteiger partial charge in [0.2, 0.25) is 5.91 Å². The smallest absolute Gasteiger partial charge is 0.250 e. The van der Waals surface area contributed by atoms with Crippen molar-refractivity contribution >= 4 is 5.91 Å². The predicted molar refractivity (Wildman–Crippen MR) is 121 cm³/mol. The normalized spacial score (nSPS) is 12.7. The lowest BCUT2D eigenvalue weighted by molar-refractivity contribution is -0.136. The molecule has 158 valence electrons. The van der Waals surface area contributed by atoms with Crippen molar-refractivity contribution in [3.8, 4) is 17.2 Å². The fourth-order valence-electron chi connectivity index (χ4n) is 3.43. The van der Waals surface area contributed by atoms with Gasteiger partial charge in [-0.15, -0.1) is 0 Å². The molecule has 0 radical (unpaired) electrons. The number of nitrogens with one attached hydrogen (secondary N) is 1. The first-order chi connectivity index (χ1) is 15.1. The van der Waals surface area contributed by atoms with Crippen LogP contribution in [0.3, 0.4) is 0 Å². The highest BCUT2D eigenvalue weighted by molar-refractivity contribution is 5.81. The molecule has 0 saturated heterocycles. The Bertz CT molecular complexity index is 996. The molecule has 1 aromatic heterocycles. The van der Waals surface area contributed by atoms with Gasteiger partial charge in [0, 0.05) is 12.4 Å². The first-order valence-electron chi connectivity index (χ1n) is 10.4. The van der Waals surface area contributed by atoms with Gasteiger partial charge in [0.15, 0.2) is 0 Å². The van der Waals surface area contributed by atoms with Crippen LogP contribution in [0.4, 0.5) is 0 Å². The van der Waals surface area contributed by atoms with Gasteiger partial charge in [-0.3, -0.25) is 9.78 Å². The van der Waals surface area contributed by atoms with Crippen LogP contribution in [0.25, 0.3) is 11.1 Å². The number of hydrogen-bond donors (Lipinski definition) is 1. The van der Waals surface area contributed by atoms with Crippen molar-refractivity contribution in [1.82, 2.24) is 10.3 Å². The number of hydrogen-bond acceptors (Lipinski definition) is 4. The topological polar surface area (TPSA) is 75.0 Å². The van der Waals surface area contributed by atoms with Gasteiger partial charge in [0.1, 0.15) is 18.8 Å². The number of nitriles is 1. The van der Waals surface area contributed by atoms with Crippen molar-refractivity contribution in [3.05, 3.63) is 90.3 Å². The summed E-state index contributed by atoms with van der Waals surface area (Å²) in [7, 11) is 0. The van der Waals surface area contributed by atoms with E-state index < -0.39 is 12.2 Å². The number of nitrogens with zero attached hydrogens (tertiary/aromatic N) is 2. The van der Waals surface area contributed by atoms with Crippen LogP contribution in [0.5, 0.6) is 0 Å². The van der Waals surface area contributed by atoms with Gasteiger partial charge < -0.3 is 10.1 Å². The van der Waals surface area contributed by atoms with E-state index in [1.807, 2.05) is 60.7 Å². The van der Waals surface area contributed by atoms with Crippen LogP contribution in [-0.2, 0) is 9.53 Å². The van der Waals surface area contributed by atoms with Gasteiger partial charge in [0.05, 0.1) is 6.07 Å². The van der Waals surface area contributed by atoms with Crippen molar-refractivity contribution < 1.29 is 9.53 Å². The SMILES string of the molecule is CC(C)CC(OC(c1ccccc1)c1ccc(-c2ccncc2)cc1)C(=O)NCC#N. The highest BCUT2D eigenvalue weighted by Gasteiger charge is 2.26. The van der Waals surface area contributed by atoms with Crippen LogP contribution in [0.2, 0.25) is 0 Å². The van der Waals surface area contributed by atoms with E-state index in [1.165, 1.54) is 0 Å². The highest BCUT2D eigenvalue weighted by Crippen LogP contribution is 2.30. The van der Waals surface area contributed by atoms with Crippen LogP contribution < -0.4 is 5.32 Å². The maximum atomic E-state index is 12.7. The molecular formula is C26H27N3O2. The van der Waals surface area contributed by atoms with Crippen molar-refractivity contribution in [2.24, 2.45) is 5.92 Å². The molecule has 5 nitrogen and oxygen atoms in total. The lowest BCUT2D eigenvalue weighted by Gasteiger charge is -2.26. The molecular weight excluding hydrogens is 386 g/mol. The zero-order valence-corrected chi connectivity index (χ0v) is 17.9. The van der Waals surface area contributed by atoms with E-state index in [9.17, 15) is 4.79 Å². The molecule has 3 aromatic rings. The van der Waals surface area contributed by atoms with Crippen LogP contribution >= 0.6 is 0 Å². The van der Waals surface area contributed by atoms with Gasteiger partial charge in [-0.1, -0.05) is 68.4 Å². The molecule has 0 aliphatic heterocycles. The summed E-state index contributed by atoms with van der Waals surface area (Å²) in [5.41, 5.74) is 4.11. The van der Waals surface area contributed by atoms with Gasteiger partial charge >= 0.3 is 0 Å². The summed E-state index contributed by atoms with van der Waals surface area (Å²) >= 11 is 0. The lowest BCUT2D eigenvalue weighted by Crippen LogP contribution is -2.38. The molecule has 0 saturated carbocycles. The van der Waals surface area contributed by atoms with Crippen LogP contribution in [0, 0.1) is 17.2 Å². The second kappa shape index (κ2) is 11.1. The minimum absolute atomic E-state index is 0.0343. The Morgan fingerprint density at radius 3 is 2.19 bits per heavy atom.